The van der Waals surface area contributed by atoms with Crippen LogP contribution in [-0.4, -0.2) is 49.2 Å². The molecule has 0 radical (unpaired) electrons. The molecule has 0 spiro atoms. The van der Waals surface area contributed by atoms with Gasteiger partial charge in [0.15, 0.2) is 0 Å². The van der Waals surface area contributed by atoms with Crippen molar-refractivity contribution in [1.82, 2.24) is 15.2 Å². The summed E-state index contributed by atoms with van der Waals surface area (Å²) in [5, 5.41) is 2.95. The number of methoxy groups -OCH3 is 1. The Balaban J connectivity index is 1.51. The number of likely N-dealkylation sites (tertiary alicyclic amines) is 1. The van der Waals surface area contributed by atoms with Gasteiger partial charge in [0.05, 0.1) is 6.61 Å². The summed E-state index contributed by atoms with van der Waals surface area (Å²) in [5.74, 6) is 0.916. The van der Waals surface area contributed by atoms with E-state index in [1.54, 1.807) is 25.4 Å². The molecule has 1 fully saturated rings. The minimum atomic E-state index is -0.197. The maximum atomic E-state index is 12.6. The first-order chi connectivity index (χ1) is 14.2. The van der Waals surface area contributed by atoms with Crippen LogP contribution in [-0.2, 0) is 17.8 Å². The SMILES string of the molecule is COCCOc1ncccc1C(=O)NCc1ccc(CN2CCCC(C)C2)cc1. The maximum absolute atomic E-state index is 12.6. The van der Waals surface area contributed by atoms with Crippen LogP contribution in [0.3, 0.4) is 0 Å². The molecule has 1 aromatic heterocycles. The van der Waals surface area contributed by atoms with E-state index in [0.717, 1.165) is 18.0 Å². The molecule has 1 aliphatic rings. The molecule has 2 heterocycles. The van der Waals surface area contributed by atoms with Gasteiger partial charge in [0.1, 0.15) is 12.2 Å². The molecule has 1 unspecified atom stereocenters. The Hall–Kier alpha value is -2.44. The molecule has 1 aliphatic heterocycles. The molecule has 1 saturated heterocycles. The van der Waals surface area contributed by atoms with E-state index >= 15 is 0 Å². The molecule has 0 saturated carbocycles. The topological polar surface area (TPSA) is 63.7 Å². The average molecular weight is 398 g/mol. The molecule has 6 heteroatoms. The van der Waals surface area contributed by atoms with Crippen LogP contribution in [0.2, 0.25) is 0 Å². The van der Waals surface area contributed by atoms with Crippen LogP contribution in [0.1, 0.15) is 41.3 Å². The van der Waals surface area contributed by atoms with Crippen LogP contribution in [0, 0.1) is 5.92 Å². The lowest BCUT2D eigenvalue weighted by Gasteiger charge is -2.30. The quantitative estimate of drug-likeness (QED) is 0.658. The summed E-state index contributed by atoms with van der Waals surface area (Å²) in [6, 6.07) is 11.9. The molecule has 2 aromatic rings. The summed E-state index contributed by atoms with van der Waals surface area (Å²) >= 11 is 0. The van der Waals surface area contributed by atoms with E-state index in [4.69, 9.17) is 9.47 Å². The lowest BCUT2D eigenvalue weighted by Crippen LogP contribution is -2.33. The largest absolute Gasteiger partial charge is 0.475 e. The van der Waals surface area contributed by atoms with Gasteiger partial charge in [-0.2, -0.15) is 0 Å². The number of carbonyl (C=O) groups excluding carboxylic acids is 1. The number of carbonyl (C=O) groups is 1. The predicted octanol–water partition coefficient (Wildman–Crippen LogP) is 3.27. The highest BCUT2D eigenvalue weighted by molar-refractivity contribution is 5.96. The zero-order valence-electron chi connectivity index (χ0n) is 17.4. The van der Waals surface area contributed by atoms with Crippen molar-refractivity contribution in [2.45, 2.75) is 32.9 Å². The zero-order valence-corrected chi connectivity index (χ0v) is 17.4. The van der Waals surface area contributed by atoms with E-state index in [9.17, 15) is 4.79 Å². The van der Waals surface area contributed by atoms with Crippen molar-refractivity contribution in [3.8, 4) is 5.88 Å². The molecular weight excluding hydrogens is 366 g/mol. The van der Waals surface area contributed by atoms with Crippen LogP contribution < -0.4 is 10.1 Å². The third-order valence-electron chi connectivity index (χ3n) is 5.17. The van der Waals surface area contributed by atoms with E-state index in [2.05, 4.69) is 46.4 Å². The fourth-order valence-corrected chi connectivity index (χ4v) is 3.63. The summed E-state index contributed by atoms with van der Waals surface area (Å²) in [6.07, 6.45) is 4.24. The fraction of sp³-hybridized carbons (Fsp3) is 0.478. The molecule has 1 N–H and O–H groups in total. The second kappa shape index (κ2) is 10.9. The van der Waals surface area contributed by atoms with Crippen LogP contribution in [0.25, 0.3) is 0 Å². The minimum absolute atomic E-state index is 0.197. The van der Waals surface area contributed by atoms with Gasteiger partial charge in [0, 0.05) is 32.9 Å². The molecule has 29 heavy (non-hydrogen) atoms. The van der Waals surface area contributed by atoms with Crippen LogP contribution in [0.15, 0.2) is 42.6 Å². The highest BCUT2D eigenvalue weighted by atomic mass is 16.5. The van der Waals surface area contributed by atoms with E-state index in [1.807, 2.05) is 0 Å². The predicted molar refractivity (Wildman–Crippen MR) is 113 cm³/mol. The van der Waals surface area contributed by atoms with Crippen molar-refractivity contribution in [3.05, 3.63) is 59.3 Å². The minimum Gasteiger partial charge on any atom is -0.475 e. The average Bonchev–Trinajstić information content (AvgIpc) is 2.74. The van der Waals surface area contributed by atoms with Crippen molar-refractivity contribution >= 4 is 5.91 Å². The van der Waals surface area contributed by atoms with E-state index < -0.39 is 0 Å². The second-order valence-corrected chi connectivity index (χ2v) is 7.68. The van der Waals surface area contributed by atoms with Crippen molar-refractivity contribution in [2.75, 3.05) is 33.4 Å². The lowest BCUT2D eigenvalue weighted by atomic mass is 9.99. The highest BCUT2D eigenvalue weighted by Crippen LogP contribution is 2.18. The number of hydrogen-bond acceptors (Lipinski definition) is 5. The Morgan fingerprint density at radius 2 is 2.00 bits per heavy atom. The molecule has 6 nitrogen and oxygen atoms in total. The van der Waals surface area contributed by atoms with Gasteiger partial charge in [0.25, 0.3) is 5.91 Å². The van der Waals surface area contributed by atoms with Gasteiger partial charge in [-0.25, -0.2) is 4.98 Å². The fourth-order valence-electron chi connectivity index (χ4n) is 3.63. The monoisotopic (exact) mass is 397 g/mol. The molecule has 1 amide bonds. The number of piperidine rings is 1. The number of nitrogens with one attached hydrogen (secondary N) is 1. The van der Waals surface area contributed by atoms with E-state index in [0.29, 0.717) is 31.2 Å². The van der Waals surface area contributed by atoms with Crippen molar-refractivity contribution in [1.29, 1.82) is 0 Å². The third kappa shape index (κ3) is 6.54. The summed E-state index contributed by atoms with van der Waals surface area (Å²) in [5.41, 5.74) is 2.81. The van der Waals surface area contributed by atoms with Gasteiger partial charge in [-0.05, 0) is 48.6 Å². The Kier molecular flexibility index (Phi) is 8.02. The van der Waals surface area contributed by atoms with Crippen molar-refractivity contribution in [3.63, 3.8) is 0 Å². The smallest absolute Gasteiger partial charge is 0.257 e. The van der Waals surface area contributed by atoms with Gasteiger partial charge in [-0.1, -0.05) is 31.2 Å². The molecule has 1 atom stereocenters. The van der Waals surface area contributed by atoms with Crippen LogP contribution in [0.5, 0.6) is 5.88 Å². The molecule has 3 rings (SSSR count). The highest BCUT2D eigenvalue weighted by Gasteiger charge is 2.16. The first kappa shape index (κ1) is 21.3. The Morgan fingerprint density at radius 3 is 2.76 bits per heavy atom. The lowest BCUT2D eigenvalue weighted by molar-refractivity contribution is 0.0941. The molecule has 156 valence electrons. The molecule has 0 bridgehead atoms. The molecular formula is C23H31N3O3. The van der Waals surface area contributed by atoms with Crippen LogP contribution in [0.4, 0.5) is 0 Å². The summed E-state index contributed by atoms with van der Waals surface area (Å²) < 4.78 is 10.5. The van der Waals surface area contributed by atoms with Gasteiger partial charge in [-0.15, -0.1) is 0 Å². The van der Waals surface area contributed by atoms with Gasteiger partial charge >= 0.3 is 0 Å². The van der Waals surface area contributed by atoms with Gasteiger partial charge < -0.3 is 14.8 Å². The standard InChI is InChI=1S/C23H31N3O3/c1-18-5-4-12-26(16-18)17-20-9-7-19(8-10-20)15-25-22(27)21-6-3-11-24-23(21)29-14-13-28-2/h3,6-11,18H,4-5,12-17H2,1-2H3,(H,25,27). The van der Waals surface area contributed by atoms with Gasteiger partial charge in [0.2, 0.25) is 5.88 Å². The van der Waals surface area contributed by atoms with Crippen molar-refractivity contribution in [2.24, 2.45) is 5.92 Å². The van der Waals surface area contributed by atoms with E-state index in [-0.39, 0.29) is 5.91 Å². The Morgan fingerprint density at radius 1 is 1.21 bits per heavy atom. The summed E-state index contributed by atoms with van der Waals surface area (Å²) in [7, 11) is 1.60. The number of benzene rings is 1. The number of hydrogen-bond donors (Lipinski definition) is 1. The number of ether oxygens (including phenoxy) is 2. The number of amides is 1. The number of aromatic nitrogens is 1. The Labute approximate surface area is 173 Å². The maximum Gasteiger partial charge on any atom is 0.257 e. The van der Waals surface area contributed by atoms with Gasteiger partial charge in [-0.3, -0.25) is 9.69 Å². The third-order valence-corrected chi connectivity index (χ3v) is 5.17. The molecule has 1 aromatic carbocycles. The normalized spacial score (nSPS) is 17.1. The number of pyridine rings is 1. The summed E-state index contributed by atoms with van der Waals surface area (Å²) in [6.45, 7) is 6.94. The number of nitrogens with zero attached hydrogens (tertiary/aromatic N) is 2. The first-order valence-corrected chi connectivity index (χ1v) is 10.3. The first-order valence-electron chi connectivity index (χ1n) is 10.3. The summed E-state index contributed by atoms with van der Waals surface area (Å²) in [4.78, 5) is 19.2. The Bertz CT molecular complexity index is 779. The van der Waals surface area contributed by atoms with Crippen molar-refractivity contribution < 1.29 is 14.3 Å². The second-order valence-electron chi connectivity index (χ2n) is 7.68. The zero-order chi connectivity index (χ0) is 20.5. The number of rotatable bonds is 9. The van der Waals surface area contributed by atoms with E-state index in [1.165, 1.54) is 31.5 Å². The molecule has 0 aliphatic carbocycles. The van der Waals surface area contributed by atoms with Crippen LogP contribution >= 0.6 is 0 Å².